The zero-order valence-corrected chi connectivity index (χ0v) is 13.9. The monoisotopic (exact) mass is 347 g/mol. The standard InChI is InChI=1S/C16H17N3O4S/c1-17-16(20)12-9-11(19(21)22)4-5-13(12)18-6-7-23-14(10-18)15-3-2-8-24-15/h2-5,8-9,14H,6-7,10H2,1H3,(H,17,20). The topological polar surface area (TPSA) is 84.7 Å². The number of non-ortho nitro benzene ring substituents is 1. The predicted molar refractivity (Wildman–Crippen MR) is 91.7 cm³/mol. The normalized spacial score (nSPS) is 17.5. The maximum absolute atomic E-state index is 12.2. The van der Waals surface area contributed by atoms with Crippen molar-refractivity contribution >= 4 is 28.6 Å². The third kappa shape index (κ3) is 3.24. The molecule has 3 rings (SSSR count). The maximum Gasteiger partial charge on any atom is 0.270 e. The number of hydrogen-bond acceptors (Lipinski definition) is 6. The van der Waals surface area contributed by atoms with Crippen molar-refractivity contribution in [3.05, 3.63) is 56.3 Å². The van der Waals surface area contributed by atoms with Gasteiger partial charge >= 0.3 is 0 Å². The molecule has 0 radical (unpaired) electrons. The lowest BCUT2D eigenvalue weighted by Gasteiger charge is -2.35. The van der Waals surface area contributed by atoms with E-state index in [1.54, 1.807) is 17.4 Å². The van der Waals surface area contributed by atoms with Crippen LogP contribution in [0.5, 0.6) is 0 Å². The van der Waals surface area contributed by atoms with Gasteiger partial charge in [0.15, 0.2) is 0 Å². The lowest BCUT2D eigenvalue weighted by molar-refractivity contribution is -0.384. The van der Waals surface area contributed by atoms with Crippen LogP contribution < -0.4 is 10.2 Å². The van der Waals surface area contributed by atoms with Gasteiger partial charge in [0, 0.05) is 37.1 Å². The van der Waals surface area contributed by atoms with E-state index in [0.717, 1.165) is 4.88 Å². The van der Waals surface area contributed by atoms with Crippen molar-refractivity contribution < 1.29 is 14.5 Å². The van der Waals surface area contributed by atoms with Gasteiger partial charge in [0.1, 0.15) is 6.10 Å². The van der Waals surface area contributed by atoms with Gasteiger partial charge in [-0.2, -0.15) is 0 Å². The Balaban J connectivity index is 1.92. The largest absolute Gasteiger partial charge is 0.369 e. The van der Waals surface area contributed by atoms with E-state index in [0.29, 0.717) is 30.9 Å². The van der Waals surface area contributed by atoms with Crippen molar-refractivity contribution in [1.82, 2.24) is 5.32 Å². The quantitative estimate of drug-likeness (QED) is 0.679. The Kier molecular flexibility index (Phi) is 4.77. The molecule has 1 saturated heterocycles. The fourth-order valence-electron chi connectivity index (χ4n) is 2.74. The molecule has 1 unspecified atom stereocenters. The Morgan fingerprint density at radius 2 is 2.29 bits per heavy atom. The first-order valence-corrected chi connectivity index (χ1v) is 8.38. The molecule has 1 fully saturated rings. The molecule has 1 N–H and O–H groups in total. The predicted octanol–water partition coefficient (Wildman–Crippen LogP) is 2.59. The van der Waals surface area contributed by atoms with Gasteiger partial charge in [-0.05, 0) is 17.5 Å². The van der Waals surface area contributed by atoms with Crippen LogP contribution in [0.1, 0.15) is 21.3 Å². The van der Waals surface area contributed by atoms with E-state index in [9.17, 15) is 14.9 Å². The van der Waals surface area contributed by atoms with Crippen molar-refractivity contribution in [2.75, 3.05) is 31.6 Å². The number of carbonyl (C=O) groups excluding carboxylic acids is 1. The number of nitrogens with one attached hydrogen (secondary N) is 1. The maximum atomic E-state index is 12.2. The Morgan fingerprint density at radius 1 is 1.46 bits per heavy atom. The summed E-state index contributed by atoms with van der Waals surface area (Å²) in [6, 6.07) is 8.39. The van der Waals surface area contributed by atoms with Gasteiger partial charge in [-0.1, -0.05) is 6.07 Å². The van der Waals surface area contributed by atoms with E-state index >= 15 is 0 Å². The number of morpholine rings is 1. The summed E-state index contributed by atoms with van der Waals surface area (Å²) in [5, 5.41) is 15.5. The number of ether oxygens (including phenoxy) is 1. The fraction of sp³-hybridized carbons (Fsp3) is 0.312. The van der Waals surface area contributed by atoms with Crippen molar-refractivity contribution in [3.63, 3.8) is 0 Å². The Labute approximate surface area is 143 Å². The SMILES string of the molecule is CNC(=O)c1cc([N+](=O)[O-])ccc1N1CCOC(c2cccs2)C1. The van der Waals surface area contributed by atoms with Gasteiger partial charge in [0.25, 0.3) is 11.6 Å². The second-order valence-corrected chi connectivity index (χ2v) is 6.34. The smallest absolute Gasteiger partial charge is 0.270 e. The molecule has 0 saturated carbocycles. The molecule has 7 nitrogen and oxygen atoms in total. The molecule has 0 bridgehead atoms. The number of carbonyl (C=O) groups is 1. The van der Waals surface area contributed by atoms with Crippen LogP contribution in [0.3, 0.4) is 0 Å². The number of thiophene rings is 1. The number of nitrogens with zero attached hydrogens (tertiary/aromatic N) is 2. The van der Waals surface area contributed by atoms with Crippen molar-refractivity contribution in [3.8, 4) is 0 Å². The molecular weight excluding hydrogens is 330 g/mol. The minimum Gasteiger partial charge on any atom is -0.369 e. The molecule has 1 atom stereocenters. The van der Waals surface area contributed by atoms with E-state index in [-0.39, 0.29) is 17.7 Å². The summed E-state index contributed by atoms with van der Waals surface area (Å²) in [5.74, 6) is -0.340. The molecule has 1 aliphatic heterocycles. The van der Waals surface area contributed by atoms with Crippen molar-refractivity contribution in [2.45, 2.75) is 6.10 Å². The van der Waals surface area contributed by atoms with E-state index in [1.807, 2.05) is 22.4 Å². The van der Waals surface area contributed by atoms with Crippen LogP contribution in [0.15, 0.2) is 35.7 Å². The molecule has 1 aliphatic rings. The minimum atomic E-state index is -0.496. The van der Waals surface area contributed by atoms with E-state index in [1.165, 1.54) is 19.2 Å². The second-order valence-electron chi connectivity index (χ2n) is 5.36. The highest BCUT2D eigenvalue weighted by Crippen LogP contribution is 2.32. The Hall–Kier alpha value is -2.45. The molecule has 24 heavy (non-hydrogen) atoms. The number of benzene rings is 1. The minimum absolute atomic E-state index is 0.0634. The summed E-state index contributed by atoms with van der Waals surface area (Å²) in [5.41, 5.74) is 0.892. The fourth-order valence-corrected chi connectivity index (χ4v) is 3.51. The van der Waals surface area contributed by atoms with Crippen LogP contribution in [-0.2, 0) is 4.74 Å². The number of amides is 1. The van der Waals surface area contributed by atoms with Crippen LogP contribution in [0.25, 0.3) is 0 Å². The summed E-state index contributed by atoms with van der Waals surface area (Å²) in [7, 11) is 1.51. The molecule has 0 spiro atoms. The zero-order chi connectivity index (χ0) is 17.1. The molecular formula is C16H17N3O4S. The van der Waals surface area contributed by atoms with Crippen LogP contribution in [-0.4, -0.2) is 37.6 Å². The summed E-state index contributed by atoms with van der Waals surface area (Å²) in [6.07, 6.45) is -0.0634. The Morgan fingerprint density at radius 3 is 2.96 bits per heavy atom. The number of rotatable bonds is 4. The van der Waals surface area contributed by atoms with Gasteiger partial charge in [-0.25, -0.2) is 0 Å². The molecule has 126 valence electrons. The molecule has 8 heteroatoms. The number of nitro groups is 1. The molecule has 2 heterocycles. The van der Waals surface area contributed by atoms with Gasteiger partial charge < -0.3 is 15.0 Å². The third-order valence-corrected chi connectivity index (χ3v) is 4.89. The van der Waals surface area contributed by atoms with E-state index in [2.05, 4.69) is 5.32 Å². The summed E-state index contributed by atoms with van der Waals surface area (Å²) >= 11 is 1.63. The first kappa shape index (κ1) is 16.4. The molecule has 1 aromatic carbocycles. The van der Waals surface area contributed by atoms with Gasteiger partial charge in [-0.15, -0.1) is 11.3 Å². The lowest BCUT2D eigenvalue weighted by atomic mass is 10.1. The van der Waals surface area contributed by atoms with E-state index < -0.39 is 4.92 Å². The summed E-state index contributed by atoms with van der Waals surface area (Å²) in [6.45, 7) is 1.76. The van der Waals surface area contributed by atoms with Crippen molar-refractivity contribution in [2.24, 2.45) is 0 Å². The second kappa shape index (κ2) is 6.98. The highest BCUT2D eigenvalue weighted by atomic mass is 32.1. The van der Waals surface area contributed by atoms with Gasteiger partial charge in [-0.3, -0.25) is 14.9 Å². The first-order valence-electron chi connectivity index (χ1n) is 7.50. The highest BCUT2D eigenvalue weighted by molar-refractivity contribution is 7.10. The summed E-state index contributed by atoms with van der Waals surface area (Å²) in [4.78, 5) is 25.8. The van der Waals surface area contributed by atoms with Gasteiger partial charge in [0.2, 0.25) is 0 Å². The van der Waals surface area contributed by atoms with Gasteiger partial charge in [0.05, 0.1) is 22.8 Å². The Bertz CT molecular complexity index is 748. The number of nitro benzene ring substituents is 1. The number of hydrogen-bond donors (Lipinski definition) is 1. The highest BCUT2D eigenvalue weighted by Gasteiger charge is 2.26. The molecule has 2 aromatic rings. The van der Waals surface area contributed by atoms with Crippen LogP contribution >= 0.6 is 11.3 Å². The molecule has 1 amide bonds. The van der Waals surface area contributed by atoms with Crippen LogP contribution in [0.2, 0.25) is 0 Å². The third-order valence-electron chi connectivity index (χ3n) is 3.93. The summed E-state index contributed by atoms with van der Waals surface area (Å²) < 4.78 is 5.82. The molecule has 0 aliphatic carbocycles. The number of anilines is 1. The van der Waals surface area contributed by atoms with Crippen LogP contribution in [0, 0.1) is 10.1 Å². The van der Waals surface area contributed by atoms with Crippen molar-refractivity contribution in [1.29, 1.82) is 0 Å². The lowest BCUT2D eigenvalue weighted by Crippen LogP contribution is -2.39. The molecule has 1 aromatic heterocycles. The average molecular weight is 347 g/mol. The van der Waals surface area contributed by atoms with E-state index in [4.69, 9.17) is 4.74 Å². The zero-order valence-electron chi connectivity index (χ0n) is 13.1. The van der Waals surface area contributed by atoms with Crippen LogP contribution in [0.4, 0.5) is 11.4 Å². The first-order chi connectivity index (χ1) is 11.6. The average Bonchev–Trinajstić information content (AvgIpc) is 3.15.